The van der Waals surface area contributed by atoms with Crippen LogP contribution in [-0.2, 0) is 0 Å². The molecule has 0 saturated carbocycles. The molecule has 0 aliphatic heterocycles. The third-order valence-corrected chi connectivity index (χ3v) is 2.90. The average Bonchev–Trinajstić information content (AvgIpc) is 2.18. The molecule has 2 nitrogen and oxygen atoms in total. The van der Waals surface area contributed by atoms with Crippen LogP contribution in [0.4, 0.5) is 0 Å². The maximum absolute atomic E-state index is 9.14. The Hall–Kier alpha value is -0.280. The summed E-state index contributed by atoms with van der Waals surface area (Å²) in [4.78, 5) is 0. The van der Waals surface area contributed by atoms with E-state index in [1.54, 1.807) is 13.0 Å². The first-order valence-electron chi connectivity index (χ1n) is 4.87. The Bertz CT molecular complexity index is 328. The molecule has 4 heteroatoms. The molecule has 0 fully saturated rings. The van der Waals surface area contributed by atoms with Crippen molar-refractivity contribution < 1.29 is 5.11 Å². The van der Waals surface area contributed by atoms with E-state index in [1.165, 1.54) is 0 Å². The van der Waals surface area contributed by atoms with Gasteiger partial charge in [-0.1, -0.05) is 29.3 Å². The molecule has 0 amide bonds. The highest BCUT2D eigenvalue weighted by Gasteiger charge is 2.07. The number of nitrogens with one attached hydrogen (secondary N) is 1. The Morgan fingerprint density at radius 2 is 1.93 bits per heavy atom. The van der Waals surface area contributed by atoms with Gasteiger partial charge in [-0.2, -0.15) is 0 Å². The van der Waals surface area contributed by atoms with E-state index < -0.39 is 0 Å². The van der Waals surface area contributed by atoms with Crippen LogP contribution < -0.4 is 5.32 Å². The van der Waals surface area contributed by atoms with E-state index in [0.717, 1.165) is 5.56 Å². The van der Waals surface area contributed by atoms with E-state index in [-0.39, 0.29) is 12.1 Å². The second-order valence-corrected chi connectivity index (χ2v) is 4.47. The quantitative estimate of drug-likeness (QED) is 0.858. The number of aliphatic hydroxyl groups is 1. The van der Waals surface area contributed by atoms with Gasteiger partial charge in [0.15, 0.2) is 0 Å². The molecule has 0 aliphatic carbocycles. The third kappa shape index (κ3) is 3.99. The summed E-state index contributed by atoms with van der Waals surface area (Å²) in [5, 5.41) is 13.4. The second kappa shape index (κ2) is 5.71. The zero-order valence-corrected chi connectivity index (χ0v) is 10.3. The van der Waals surface area contributed by atoms with Crippen molar-refractivity contribution in [2.24, 2.45) is 0 Å². The van der Waals surface area contributed by atoms with Crippen LogP contribution >= 0.6 is 23.2 Å². The van der Waals surface area contributed by atoms with E-state index in [1.807, 2.05) is 19.1 Å². The number of halogens is 2. The monoisotopic (exact) mass is 247 g/mol. The van der Waals surface area contributed by atoms with E-state index >= 15 is 0 Å². The van der Waals surface area contributed by atoms with Gasteiger partial charge in [0.25, 0.3) is 0 Å². The van der Waals surface area contributed by atoms with Crippen LogP contribution in [0.15, 0.2) is 18.2 Å². The molecule has 0 heterocycles. The van der Waals surface area contributed by atoms with E-state index in [2.05, 4.69) is 5.32 Å². The number of rotatable bonds is 4. The van der Waals surface area contributed by atoms with Gasteiger partial charge < -0.3 is 10.4 Å². The second-order valence-electron chi connectivity index (χ2n) is 3.65. The lowest BCUT2D eigenvalue weighted by Gasteiger charge is -2.15. The highest BCUT2D eigenvalue weighted by Crippen LogP contribution is 2.25. The van der Waals surface area contributed by atoms with Gasteiger partial charge in [-0.05, 0) is 31.5 Å². The van der Waals surface area contributed by atoms with Crippen molar-refractivity contribution >= 4 is 23.2 Å². The van der Waals surface area contributed by atoms with Gasteiger partial charge in [0, 0.05) is 12.6 Å². The first kappa shape index (κ1) is 12.8. The predicted molar refractivity (Wildman–Crippen MR) is 64.6 cm³/mol. The molecule has 0 radical (unpaired) electrons. The first-order chi connectivity index (χ1) is 7.00. The Balaban J connectivity index is 2.65. The summed E-state index contributed by atoms with van der Waals surface area (Å²) in [6.07, 6.45) is -0.352. The summed E-state index contributed by atoms with van der Waals surface area (Å²) in [7, 11) is 0. The highest BCUT2D eigenvalue weighted by molar-refractivity contribution is 6.42. The molecule has 0 spiro atoms. The Labute approximate surface area is 100 Å². The minimum atomic E-state index is -0.352. The van der Waals surface area contributed by atoms with Gasteiger partial charge in [-0.15, -0.1) is 0 Å². The predicted octanol–water partition coefficient (Wildman–Crippen LogP) is 3.02. The fourth-order valence-corrected chi connectivity index (χ4v) is 1.55. The molecule has 15 heavy (non-hydrogen) atoms. The SMILES string of the molecule is C[C@H](O)CN[C@@H](C)c1ccc(Cl)c(Cl)c1. The molecule has 1 rings (SSSR count). The lowest BCUT2D eigenvalue weighted by molar-refractivity contribution is 0.187. The fraction of sp³-hybridized carbons (Fsp3) is 0.455. The van der Waals surface area contributed by atoms with Crippen molar-refractivity contribution in [3.8, 4) is 0 Å². The molecule has 0 saturated heterocycles. The lowest BCUT2D eigenvalue weighted by atomic mass is 10.1. The number of hydrogen-bond acceptors (Lipinski definition) is 2. The van der Waals surface area contributed by atoms with E-state index in [9.17, 15) is 0 Å². The smallest absolute Gasteiger partial charge is 0.0636 e. The summed E-state index contributed by atoms with van der Waals surface area (Å²) in [6, 6.07) is 5.69. The molecular formula is C11H15Cl2NO. The van der Waals surface area contributed by atoms with Crippen molar-refractivity contribution in [2.45, 2.75) is 26.0 Å². The van der Waals surface area contributed by atoms with E-state index in [0.29, 0.717) is 16.6 Å². The van der Waals surface area contributed by atoms with Gasteiger partial charge in [-0.3, -0.25) is 0 Å². The van der Waals surface area contributed by atoms with Gasteiger partial charge in [0.05, 0.1) is 16.1 Å². The van der Waals surface area contributed by atoms with Crippen LogP contribution in [-0.4, -0.2) is 17.8 Å². The highest BCUT2D eigenvalue weighted by atomic mass is 35.5. The zero-order chi connectivity index (χ0) is 11.4. The van der Waals surface area contributed by atoms with Crippen LogP contribution in [0.3, 0.4) is 0 Å². The standard InChI is InChI=1S/C11H15Cl2NO/c1-7(15)6-14-8(2)9-3-4-10(12)11(13)5-9/h3-5,7-8,14-15H,6H2,1-2H3/t7-,8-/m0/s1. The minimum Gasteiger partial charge on any atom is -0.392 e. The third-order valence-electron chi connectivity index (χ3n) is 2.16. The van der Waals surface area contributed by atoms with Crippen LogP contribution in [0.25, 0.3) is 0 Å². The minimum absolute atomic E-state index is 0.148. The van der Waals surface area contributed by atoms with Crippen molar-refractivity contribution in [1.29, 1.82) is 0 Å². The lowest BCUT2D eigenvalue weighted by Crippen LogP contribution is -2.27. The van der Waals surface area contributed by atoms with Gasteiger partial charge >= 0.3 is 0 Å². The molecule has 2 N–H and O–H groups in total. The van der Waals surface area contributed by atoms with Crippen LogP contribution in [0.2, 0.25) is 10.0 Å². The number of aliphatic hydroxyl groups excluding tert-OH is 1. The van der Waals surface area contributed by atoms with Crippen LogP contribution in [0, 0.1) is 0 Å². The van der Waals surface area contributed by atoms with Crippen LogP contribution in [0.5, 0.6) is 0 Å². The Morgan fingerprint density at radius 1 is 1.27 bits per heavy atom. The molecule has 84 valence electrons. The largest absolute Gasteiger partial charge is 0.392 e. The average molecular weight is 248 g/mol. The normalized spacial score (nSPS) is 15.0. The molecule has 1 aromatic carbocycles. The Kier molecular flexibility index (Phi) is 4.87. The fourth-order valence-electron chi connectivity index (χ4n) is 1.25. The topological polar surface area (TPSA) is 32.3 Å². The zero-order valence-electron chi connectivity index (χ0n) is 8.80. The molecule has 2 atom stereocenters. The van der Waals surface area contributed by atoms with Crippen molar-refractivity contribution in [1.82, 2.24) is 5.32 Å². The summed E-state index contributed by atoms with van der Waals surface area (Å²) in [5.74, 6) is 0. The van der Waals surface area contributed by atoms with Gasteiger partial charge in [0.2, 0.25) is 0 Å². The first-order valence-corrected chi connectivity index (χ1v) is 5.62. The Morgan fingerprint density at radius 3 is 2.47 bits per heavy atom. The number of benzene rings is 1. The molecule has 0 bridgehead atoms. The summed E-state index contributed by atoms with van der Waals surface area (Å²) in [5.41, 5.74) is 1.06. The van der Waals surface area contributed by atoms with Crippen molar-refractivity contribution in [3.63, 3.8) is 0 Å². The summed E-state index contributed by atoms with van der Waals surface area (Å²) >= 11 is 11.7. The maximum atomic E-state index is 9.14. The summed E-state index contributed by atoms with van der Waals surface area (Å²) < 4.78 is 0. The van der Waals surface area contributed by atoms with Crippen molar-refractivity contribution in [3.05, 3.63) is 33.8 Å². The maximum Gasteiger partial charge on any atom is 0.0636 e. The molecular weight excluding hydrogens is 233 g/mol. The number of hydrogen-bond donors (Lipinski definition) is 2. The van der Waals surface area contributed by atoms with Gasteiger partial charge in [-0.25, -0.2) is 0 Å². The molecule has 1 aromatic rings. The molecule has 0 aliphatic rings. The van der Waals surface area contributed by atoms with Gasteiger partial charge in [0.1, 0.15) is 0 Å². The summed E-state index contributed by atoms with van der Waals surface area (Å²) in [6.45, 7) is 4.32. The molecule has 0 aromatic heterocycles. The molecule has 0 unspecified atom stereocenters. The van der Waals surface area contributed by atoms with Crippen LogP contribution in [0.1, 0.15) is 25.5 Å². The van der Waals surface area contributed by atoms with Crippen molar-refractivity contribution in [2.75, 3.05) is 6.54 Å². The van der Waals surface area contributed by atoms with E-state index in [4.69, 9.17) is 28.3 Å².